The van der Waals surface area contributed by atoms with Crippen molar-refractivity contribution in [1.29, 1.82) is 0 Å². The number of para-hydroxylation sites is 1. The Labute approximate surface area is 147 Å². The SMILES string of the molecule is CN(C(=O)c1cccc2cn[nH]c12)C1CCC(c2ccccc2)CC1. The first-order valence-corrected chi connectivity index (χ1v) is 8.98. The zero-order valence-electron chi connectivity index (χ0n) is 14.5. The summed E-state index contributed by atoms with van der Waals surface area (Å²) >= 11 is 0. The summed E-state index contributed by atoms with van der Waals surface area (Å²) in [5.41, 5.74) is 2.97. The number of rotatable bonds is 3. The summed E-state index contributed by atoms with van der Waals surface area (Å²) in [5, 5.41) is 8.00. The lowest BCUT2D eigenvalue weighted by atomic mass is 9.81. The predicted molar refractivity (Wildman–Crippen MR) is 99.6 cm³/mol. The van der Waals surface area contributed by atoms with Gasteiger partial charge in [0.05, 0.1) is 17.3 Å². The van der Waals surface area contributed by atoms with E-state index < -0.39 is 0 Å². The van der Waals surface area contributed by atoms with Crippen molar-refractivity contribution in [1.82, 2.24) is 15.1 Å². The molecule has 128 valence electrons. The molecule has 4 rings (SSSR count). The lowest BCUT2D eigenvalue weighted by molar-refractivity contribution is 0.0691. The van der Waals surface area contributed by atoms with E-state index in [1.165, 1.54) is 5.56 Å². The maximum atomic E-state index is 13.0. The molecule has 1 aromatic heterocycles. The minimum absolute atomic E-state index is 0.0815. The van der Waals surface area contributed by atoms with Crippen LogP contribution in [0.2, 0.25) is 0 Å². The number of benzene rings is 2. The van der Waals surface area contributed by atoms with Crippen molar-refractivity contribution >= 4 is 16.8 Å². The van der Waals surface area contributed by atoms with Gasteiger partial charge in [0, 0.05) is 18.5 Å². The van der Waals surface area contributed by atoms with E-state index in [9.17, 15) is 4.79 Å². The molecule has 4 nitrogen and oxygen atoms in total. The third kappa shape index (κ3) is 3.04. The zero-order valence-corrected chi connectivity index (χ0v) is 14.5. The Balaban J connectivity index is 1.46. The molecule has 2 aromatic carbocycles. The van der Waals surface area contributed by atoms with Crippen LogP contribution in [0.15, 0.2) is 54.7 Å². The number of hydrogen-bond donors (Lipinski definition) is 1. The normalized spacial score (nSPS) is 20.5. The summed E-state index contributed by atoms with van der Waals surface area (Å²) in [6.07, 6.45) is 6.15. The standard InChI is InChI=1S/C21H23N3O/c1-24(21(25)19-9-5-8-17-14-22-23-20(17)19)18-12-10-16(11-13-18)15-6-3-2-4-7-15/h2-9,14,16,18H,10-13H2,1H3,(H,22,23). The van der Waals surface area contributed by atoms with Gasteiger partial charge in [-0.3, -0.25) is 9.89 Å². The van der Waals surface area contributed by atoms with E-state index in [1.54, 1.807) is 6.20 Å². The minimum atomic E-state index is 0.0815. The topological polar surface area (TPSA) is 49.0 Å². The molecular formula is C21H23N3O. The Bertz CT molecular complexity index is 863. The number of aromatic amines is 1. The fourth-order valence-electron chi connectivity index (χ4n) is 4.02. The van der Waals surface area contributed by atoms with Crippen molar-refractivity contribution in [2.24, 2.45) is 0 Å². The molecule has 1 heterocycles. The van der Waals surface area contributed by atoms with Crippen LogP contribution in [0.4, 0.5) is 0 Å². The Morgan fingerprint density at radius 3 is 2.56 bits per heavy atom. The fourth-order valence-corrected chi connectivity index (χ4v) is 4.02. The van der Waals surface area contributed by atoms with Gasteiger partial charge in [0.1, 0.15) is 0 Å². The van der Waals surface area contributed by atoms with Crippen LogP contribution < -0.4 is 0 Å². The number of H-pyrrole nitrogens is 1. The maximum Gasteiger partial charge on any atom is 0.256 e. The Kier molecular flexibility index (Phi) is 4.26. The summed E-state index contributed by atoms with van der Waals surface area (Å²) in [5.74, 6) is 0.704. The van der Waals surface area contributed by atoms with Crippen molar-refractivity contribution < 1.29 is 4.79 Å². The van der Waals surface area contributed by atoms with Crippen LogP contribution in [0.3, 0.4) is 0 Å². The third-order valence-corrected chi connectivity index (χ3v) is 5.54. The van der Waals surface area contributed by atoms with Crippen molar-refractivity contribution in [3.63, 3.8) is 0 Å². The lowest BCUT2D eigenvalue weighted by Gasteiger charge is -2.35. The largest absolute Gasteiger partial charge is 0.339 e. The molecule has 1 N–H and O–H groups in total. The van der Waals surface area contributed by atoms with E-state index >= 15 is 0 Å². The van der Waals surface area contributed by atoms with E-state index in [2.05, 4.69) is 40.5 Å². The lowest BCUT2D eigenvalue weighted by Crippen LogP contribution is -2.39. The smallest absolute Gasteiger partial charge is 0.256 e. The molecule has 0 aliphatic heterocycles. The zero-order chi connectivity index (χ0) is 17.2. The monoisotopic (exact) mass is 333 g/mol. The highest BCUT2D eigenvalue weighted by Crippen LogP contribution is 2.34. The molecular weight excluding hydrogens is 310 g/mol. The molecule has 1 fully saturated rings. The first-order valence-electron chi connectivity index (χ1n) is 8.98. The molecule has 1 aliphatic carbocycles. The Morgan fingerprint density at radius 1 is 1.04 bits per heavy atom. The second kappa shape index (κ2) is 6.71. The molecule has 0 saturated heterocycles. The van der Waals surface area contributed by atoms with Crippen molar-refractivity contribution in [3.8, 4) is 0 Å². The summed E-state index contributed by atoms with van der Waals surface area (Å²) in [6, 6.07) is 16.8. The summed E-state index contributed by atoms with van der Waals surface area (Å²) in [6.45, 7) is 0. The quantitative estimate of drug-likeness (QED) is 0.774. The highest BCUT2D eigenvalue weighted by atomic mass is 16.2. The first kappa shape index (κ1) is 15.9. The number of nitrogens with zero attached hydrogens (tertiary/aromatic N) is 2. The van der Waals surface area contributed by atoms with Gasteiger partial charge in [-0.2, -0.15) is 5.10 Å². The average Bonchev–Trinajstić information content (AvgIpc) is 3.16. The number of amides is 1. The van der Waals surface area contributed by atoms with Gasteiger partial charge < -0.3 is 4.90 Å². The predicted octanol–water partition coefficient (Wildman–Crippen LogP) is 4.36. The van der Waals surface area contributed by atoms with Crippen molar-refractivity contribution in [3.05, 3.63) is 65.9 Å². The highest BCUT2D eigenvalue weighted by Gasteiger charge is 2.28. The van der Waals surface area contributed by atoms with Gasteiger partial charge in [-0.05, 0) is 43.2 Å². The molecule has 3 aromatic rings. The van der Waals surface area contributed by atoms with Gasteiger partial charge in [0.25, 0.3) is 5.91 Å². The number of hydrogen-bond acceptors (Lipinski definition) is 2. The van der Waals surface area contributed by atoms with E-state index in [4.69, 9.17) is 0 Å². The summed E-state index contributed by atoms with van der Waals surface area (Å²) in [4.78, 5) is 14.9. The number of carbonyl (C=O) groups excluding carboxylic acids is 1. The van der Waals surface area contributed by atoms with E-state index in [0.717, 1.165) is 36.6 Å². The molecule has 0 atom stereocenters. The molecule has 4 heteroatoms. The Hall–Kier alpha value is -2.62. The van der Waals surface area contributed by atoms with Crippen LogP contribution in [0, 0.1) is 0 Å². The van der Waals surface area contributed by atoms with Crippen LogP contribution in [-0.2, 0) is 0 Å². The van der Waals surface area contributed by atoms with E-state index in [0.29, 0.717) is 17.5 Å². The fraction of sp³-hybridized carbons (Fsp3) is 0.333. The van der Waals surface area contributed by atoms with Crippen LogP contribution >= 0.6 is 0 Å². The van der Waals surface area contributed by atoms with Crippen LogP contribution in [0.25, 0.3) is 10.9 Å². The summed E-state index contributed by atoms with van der Waals surface area (Å²) in [7, 11) is 1.94. The average molecular weight is 333 g/mol. The molecule has 0 radical (unpaired) electrons. The number of fused-ring (bicyclic) bond motifs is 1. The minimum Gasteiger partial charge on any atom is -0.339 e. The maximum absolute atomic E-state index is 13.0. The van der Waals surface area contributed by atoms with Crippen LogP contribution in [0.1, 0.15) is 47.5 Å². The molecule has 0 spiro atoms. The molecule has 1 aliphatic rings. The second-order valence-corrected chi connectivity index (χ2v) is 6.97. The van der Waals surface area contributed by atoms with Crippen LogP contribution in [-0.4, -0.2) is 34.1 Å². The van der Waals surface area contributed by atoms with E-state index in [1.807, 2.05) is 30.1 Å². The second-order valence-electron chi connectivity index (χ2n) is 6.97. The van der Waals surface area contributed by atoms with Crippen molar-refractivity contribution in [2.45, 2.75) is 37.6 Å². The first-order chi connectivity index (χ1) is 12.2. The summed E-state index contributed by atoms with van der Waals surface area (Å²) < 4.78 is 0. The van der Waals surface area contributed by atoms with Gasteiger partial charge in [0.15, 0.2) is 0 Å². The van der Waals surface area contributed by atoms with Gasteiger partial charge in [-0.15, -0.1) is 0 Å². The third-order valence-electron chi connectivity index (χ3n) is 5.54. The van der Waals surface area contributed by atoms with Crippen molar-refractivity contribution in [2.75, 3.05) is 7.05 Å². The van der Waals surface area contributed by atoms with Gasteiger partial charge in [-0.1, -0.05) is 42.5 Å². The van der Waals surface area contributed by atoms with Gasteiger partial charge in [0.2, 0.25) is 0 Å². The molecule has 25 heavy (non-hydrogen) atoms. The molecule has 0 bridgehead atoms. The van der Waals surface area contributed by atoms with Gasteiger partial charge >= 0.3 is 0 Å². The Morgan fingerprint density at radius 2 is 1.80 bits per heavy atom. The molecule has 1 saturated carbocycles. The number of aromatic nitrogens is 2. The molecule has 1 amide bonds. The molecule has 0 unspecified atom stereocenters. The number of carbonyl (C=O) groups is 1. The van der Waals surface area contributed by atoms with Crippen LogP contribution in [0.5, 0.6) is 0 Å². The number of nitrogens with one attached hydrogen (secondary N) is 1. The van der Waals surface area contributed by atoms with E-state index in [-0.39, 0.29) is 5.91 Å². The van der Waals surface area contributed by atoms with Gasteiger partial charge in [-0.25, -0.2) is 0 Å². The highest BCUT2D eigenvalue weighted by molar-refractivity contribution is 6.05.